The Morgan fingerprint density at radius 2 is 1.95 bits per heavy atom. The molecule has 0 aromatic carbocycles. The second kappa shape index (κ2) is 13.8. The molecule has 0 bridgehead atoms. The SMILES string of the molecule is C=C(C)CNC(=NCC(=O)N(C)C)NC(C)CCCCC.I. The zero-order valence-corrected chi connectivity index (χ0v) is 17.1. The fourth-order valence-corrected chi connectivity index (χ4v) is 1.68. The van der Waals surface area contributed by atoms with E-state index < -0.39 is 0 Å². The van der Waals surface area contributed by atoms with Gasteiger partial charge in [-0.25, -0.2) is 4.99 Å². The van der Waals surface area contributed by atoms with Gasteiger partial charge in [-0.15, -0.1) is 24.0 Å². The van der Waals surface area contributed by atoms with E-state index in [-0.39, 0.29) is 36.4 Å². The summed E-state index contributed by atoms with van der Waals surface area (Å²) < 4.78 is 0. The van der Waals surface area contributed by atoms with Gasteiger partial charge in [-0.2, -0.15) is 0 Å². The van der Waals surface area contributed by atoms with Crippen LogP contribution in [0.4, 0.5) is 0 Å². The molecule has 1 atom stereocenters. The molecule has 0 aliphatic heterocycles. The number of unbranched alkanes of at least 4 members (excludes halogenated alkanes) is 2. The van der Waals surface area contributed by atoms with Gasteiger partial charge in [-0.05, 0) is 20.3 Å². The van der Waals surface area contributed by atoms with Crippen LogP contribution in [-0.2, 0) is 4.79 Å². The number of carbonyl (C=O) groups excluding carboxylic acids is 1. The summed E-state index contributed by atoms with van der Waals surface area (Å²) in [5, 5.41) is 6.56. The number of rotatable bonds is 9. The minimum absolute atomic E-state index is 0. The van der Waals surface area contributed by atoms with Crippen LogP contribution in [0, 0.1) is 0 Å². The topological polar surface area (TPSA) is 56.7 Å². The van der Waals surface area contributed by atoms with E-state index in [2.05, 4.69) is 36.1 Å². The van der Waals surface area contributed by atoms with E-state index in [9.17, 15) is 4.79 Å². The lowest BCUT2D eigenvalue weighted by atomic mass is 10.1. The van der Waals surface area contributed by atoms with Crippen molar-refractivity contribution in [2.45, 2.75) is 52.5 Å². The molecule has 0 radical (unpaired) electrons. The standard InChI is InChI=1S/C16H32N4O.HI/c1-7-8-9-10-14(4)19-16(17-11-13(2)3)18-12-15(21)20(5)6;/h14H,2,7-12H2,1,3-6H3,(H2,17,18,19);1H. The van der Waals surface area contributed by atoms with Crippen LogP contribution < -0.4 is 10.6 Å². The number of aliphatic imine (C=N–C) groups is 1. The average molecular weight is 424 g/mol. The zero-order chi connectivity index (χ0) is 16.3. The molecule has 0 saturated carbocycles. The van der Waals surface area contributed by atoms with Crippen molar-refractivity contribution in [2.75, 3.05) is 27.2 Å². The number of hydrogen-bond acceptors (Lipinski definition) is 2. The summed E-state index contributed by atoms with van der Waals surface area (Å²) in [7, 11) is 3.47. The Morgan fingerprint density at radius 1 is 1.32 bits per heavy atom. The van der Waals surface area contributed by atoms with E-state index in [0.29, 0.717) is 18.5 Å². The van der Waals surface area contributed by atoms with E-state index >= 15 is 0 Å². The van der Waals surface area contributed by atoms with Crippen LogP contribution in [0.5, 0.6) is 0 Å². The van der Waals surface area contributed by atoms with E-state index in [4.69, 9.17) is 0 Å². The van der Waals surface area contributed by atoms with Gasteiger partial charge in [0.15, 0.2) is 5.96 Å². The van der Waals surface area contributed by atoms with Crippen LogP contribution in [0.1, 0.15) is 46.5 Å². The third-order valence-electron chi connectivity index (χ3n) is 3.05. The van der Waals surface area contributed by atoms with Crippen LogP contribution in [0.25, 0.3) is 0 Å². The Labute approximate surface area is 153 Å². The Hall–Kier alpha value is -0.790. The molecule has 0 aliphatic carbocycles. The maximum absolute atomic E-state index is 11.6. The van der Waals surface area contributed by atoms with Crippen LogP contribution in [0.3, 0.4) is 0 Å². The number of nitrogens with zero attached hydrogens (tertiary/aromatic N) is 2. The van der Waals surface area contributed by atoms with Crippen molar-refractivity contribution >= 4 is 35.8 Å². The van der Waals surface area contributed by atoms with Crippen molar-refractivity contribution in [1.29, 1.82) is 0 Å². The number of carbonyl (C=O) groups is 1. The van der Waals surface area contributed by atoms with Gasteiger partial charge in [0, 0.05) is 26.7 Å². The minimum atomic E-state index is -0.00920. The first kappa shape index (κ1) is 23.5. The third-order valence-corrected chi connectivity index (χ3v) is 3.05. The molecule has 0 spiro atoms. The monoisotopic (exact) mass is 424 g/mol. The van der Waals surface area contributed by atoms with Gasteiger partial charge < -0.3 is 15.5 Å². The van der Waals surface area contributed by atoms with Gasteiger partial charge >= 0.3 is 0 Å². The molecule has 2 N–H and O–H groups in total. The molecule has 1 amide bonds. The molecule has 130 valence electrons. The van der Waals surface area contributed by atoms with Gasteiger partial charge in [-0.3, -0.25) is 4.79 Å². The van der Waals surface area contributed by atoms with Gasteiger partial charge in [-0.1, -0.05) is 38.3 Å². The lowest BCUT2D eigenvalue weighted by Gasteiger charge is -2.18. The van der Waals surface area contributed by atoms with Crippen LogP contribution in [-0.4, -0.2) is 50.0 Å². The highest BCUT2D eigenvalue weighted by Crippen LogP contribution is 2.02. The summed E-state index contributed by atoms with van der Waals surface area (Å²) >= 11 is 0. The lowest BCUT2D eigenvalue weighted by molar-refractivity contribution is -0.127. The molecular formula is C16H33IN4O. The summed E-state index contributed by atoms with van der Waals surface area (Å²) in [6, 6.07) is 0.336. The van der Waals surface area contributed by atoms with Crippen molar-refractivity contribution < 1.29 is 4.79 Å². The first-order chi connectivity index (χ1) is 9.86. The maximum atomic E-state index is 11.6. The summed E-state index contributed by atoms with van der Waals surface area (Å²) in [6.45, 7) is 11.0. The highest BCUT2D eigenvalue weighted by molar-refractivity contribution is 14.0. The Balaban J connectivity index is 0. The zero-order valence-electron chi connectivity index (χ0n) is 14.7. The molecule has 22 heavy (non-hydrogen) atoms. The molecule has 0 aromatic heterocycles. The minimum Gasteiger partial charge on any atom is -0.354 e. The molecule has 0 fully saturated rings. The summed E-state index contributed by atoms with van der Waals surface area (Å²) in [4.78, 5) is 17.5. The predicted octanol–water partition coefficient (Wildman–Crippen LogP) is 2.77. The molecular weight excluding hydrogens is 391 g/mol. The predicted molar refractivity (Wildman–Crippen MR) is 106 cm³/mol. The van der Waals surface area contributed by atoms with Crippen molar-refractivity contribution in [3.05, 3.63) is 12.2 Å². The quantitative estimate of drug-likeness (QED) is 0.197. The van der Waals surface area contributed by atoms with Crippen LogP contribution in [0.2, 0.25) is 0 Å². The van der Waals surface area contributed by atoms with E-state index in [0.717, 1.165) is 12.0 Å². The second-order valence-electron chi connectivity index (χ2n) is 5.80. The van der Waals surface area contributed by atoms with E-state index in [1.807, 2.05) is 6.92 Å². The Kier molecular flexibility index (Phi) is 14.8. The van der Waals surface area contributed by atoms with Crippen molar-refractivity contribution in [2.24, 2.45) is 4.99 Å². The van der Waals surface area contributed by atoms with Gasteiger partial charge in [0.2, 0.25) is 5.91 Å². The number of nitrogens with one attached hydrogen (secondary N) is 2. The summed E-state index contributed by atoms with van der Waals surface area (Å²) in [5.41, 5.74) is 1.03. The third kappa shape index (κ3) is 12.9. The number of hydrogen-bond donors (Lipinski definition) is 2. The van der Waals surface area contributed by atoms with Crippen molar-refractivity contribution in [3.63, 3.8) is 0 Å². The highest BCUT2D eigenvalue weighted by atomic mass is 127. The Bertz CT molecular complexity index is 356. The van der Waals surface area contributed by atoms with Gasteiger partial charge in [0.1, 0.15) is 6.54 Å². The summed E-state index contributed by atoms with van der Waals surface area (Å²) in [6.07, 6.45) is 4.77. The molecule has 5 nitrogen and oxygen atoms in total. The number of likely N-dealkylation sites (N-methyl/N-ethyl adjacent to an activating group) is 1. The average Bonchev–Trinajstić information content (AvgIpc) is 2.41. The van der Waals surface area contributed by atoms with Crippen molar-refractivity contribution in [3.8, 4) is 0 Å². The smallest absolute Gasteiger partial charge is 0.243 e. The highest BCUT2D eigenvalue weighted by Gasteiger charge is 2.07. The molecule has 1 unspecified atom stereocenters. The van der Waals surface area contributed by atoms with Crippen LogP contribution >= 0.6 is 24.0 Å². The first-order valence-corrected chi connectivity index (χ1v) is 7.76. The summed E-state index contributed by atoms with van der Waals surface area (Å²) in [5.74, 6) is 0.669. The molecule has 0 saturated heterocycles. The van der Waals surface area contributed by atoms with Gasteiger partial charge in [0.25, 0.3) is 0 Å². The molecule has 0 rings (SSSR count). The van der Waals surface area contributed by atoms with E-state index in [1.165, 1.54) is 19.3 Å². The van der Waals surface area contributed by atoms with Crippen LogP contribution in [0.15, 0.2) is 17.1 Å². The molecule has 0 aromatic rings. The number of halogens is 1. The lowest BCUT2D eigenvalue weighted by Crippen LogP contribution is -2.43. The Morgan fingerprint density at radius 3 is 2.45 bits per heavy atom. The fourth-order valence-electron chi connectivity index (χ4n) is 1.68. The molecule has 0 heterocycles. The number of guanidine groups is 1. The molecule has 6 heteroatoms. The maximum Gasteiger partial charge on any atom is 0.243 e. The molecule has 0 aliphatic rings. The largest absolute Gasteiger partial charge is 0.354 e. The van der Waals surface area contributed by atoms with E-state index in [1.54, 1.807) is 19.0 Å². The normalized spacial score (nSPS) is 12.1. The van der Waals surface area contributed by atoms with Crippen molar-refractivity contribution in [1.82, 2.24) is 15.5 Å². The number of amides is 1. The fraction of sp³-hybridized carbons (Fsp3) is 0.750. The van der Waals surface area contributed by atoms with Gasteiger partial charge in [0.05, 0.1) is 0 Å². The first-order valence-electron chi connectivity index (χ1n) is 7.76. The second-order valence-corrected chi connectivity index (χ2v) is 5.80.